The number of carbonyl (C=O) groups is 2. The molecule has 120 valence electrons. The zero-order valence-corrected chi connectivity index (χ0v) is 12.9. The Morgan fingerprint density at radius 1 is 1.36 bits per heavy atom. The number of methoxy groups -OCH3 is 1. The molecule has 0 radical (unpaired) electrons. The molecule has 1 saturated heterocycles. The lowest BCUT2D eigenvalue weighted by Gasteiger charge is -2.32. The van der Waals surface area contributed by atoms with Crippen molar-refractivity contribution in [2.45, 2.75) is 31.3 Å². The molecule has 2 unspecified atom stereocenters. The second-order valence-electron chi connectivity index (χ2n) is 5.62. The summed E-state index contributed by atoms with van der Waals surface area (Å²) in [6, 6.07) is 6.72. The van der Waals surface area contributed by atoms with Gasteiger partial charge in [-0.25, -0.2) is 4.79 Å². The first-order valence-corrected chi connectivity index (χ1v) is 7.32. The molecule has 1 aromatic rings. The zero-order chi connectivity index (χ0) is 16.2. The van der Waals surface area contributed by atoms with E-state index in [0.717, 1.165) is 12.0 Å². The van der Waals surface area contributed by atoms with E-state index in [-0.39, 0.29) is 24.5 Å². The summed E-state index contributed by atoms with van der Waals surface area (Å²) in [4.78, 5) is 23.7. The van der Waals surface area contributed by atoms with Crippen molar-refractivity contribution < 1.29 is 19.1 Å². The topological polar surface area (TPSA) is 90.7 Å². The molecule has 0 spiro atoms. The Balaban J connectivity index is 2.00. The maximum absolute atomic E-state index is 12.3. The van der Waals surface area contributed by atoms with Crippen molar-refractivity contribution in [3.8, 4) is 0 Å². The third-order valence-corrected chi connectivity index (χ3v) is 3.90. The summed E-state index contributed by atoms with van der Waals surface area (Å²) in [7, 11) is 1.34. The van der Waals surface area contributed by atoms with Crippen molar-refractivity contribution in [3.05, 3.63) is 35.4 Å². The number of ether oxygens (including phenoxy) is 2. The van der Waals surface area contributed by atoms with Gasteiger partial charge in [0, 0.05) is 6.61 Å². The SMILES string of the molecule is COC(=O)c1ccc(C(C)NC(=O)C2(N)CCCOC2)cc1. The summed E-state index contributed by atoms with van der Waals surface area (Å²) in [6.45, 7) is 2.77. The van der Waals surface area contributed by atoms with Crippen LogP contribution in [0.5, 0.6) is 0 Å². The van der Waals surface area contributed by atoms with E-state index in [1.165, 1.54) is 7.11 Å². The number of carbonyl (C=O) groups excluding carboxylic acids is 2. The van der Waals surface area contributed by atoms with Crippen LogP contribution in [0.3, 0.4) is 0 Å². The number of esters is 1. The molecule has 6 nitrogen and oxygen atoms in total. The molecule has 1 aliphatic rings. The molecule has 3 N–H and O–H groups in total. The normalized spacial score (nSPS) is 22.7. The standard InChI is InChI=1S/C16H22N2O4/c1-11(12-4-6-13(7-5-12)14(19)21-2)18-15(20)16(17)8-3-9-22-10-16/h4-7,11H,3,8-10,17H2,1-2H3,(H,18,20). The summed E-state index contributed by atoms with van der Waals surface area (Å²) in [5.74, 6) is -0.597. The van der Waals surface area contributed by atoms with Crippen molar-refractivity contribution in [1.82, 2.24) is 5.32 Å². The van der Waals surface area contributed by atoms with Crippen LogP contribution in [0.15, 0.2) is 24.3 Å². The first-order chi connectivity index (χ1) is 10.5. The fraction of sp³-hybridized carbons (Fsp3) is 0.500. The largest absolute Gasteiger partial charge is 0.465 e. The predicted molar refractivity (Wildman–Crippen MR) is 81.3 cm³/mol. The van der Waals surface area contributed by atoms with Crippen LogP contribution >= 0.6 is 0 Å². The van der Waals surface area contributed by atoms with E-state index in [4.69, 9.17) is 10.5 Å². The van der Waals surface area contributed by atoms with Crippen LogP contribution in [0, 0.1) is 0 Å². The first-order valence-electron chi connectivity index (χ1n) is 7.32. The molecule has 2 rings (SSSR count). The van der Waals surface area contributed by atoms with Crippen molar-refractivity contribution >= 4 is 11.9 Å². The van der Waals surface area contributed by atoms with Gasteiger partial charge in [-0.2, -0.15) is 0 Å². The quantitative estimate of drug-likeness (QED) is 0.815. The molecule has 0 aromatic heterocycles. The minimum absolute atomic E-state index is 0.207. The summed E-state index contributed by atoms with van der Waals surface area (Å²) in [5, 5.41) is 2.91. The fourth-order valence-electron chi connectivity index (χ4n) is 2.44. The second-order valence-corrected chi connectivity index (χ2v) is 5.62. The Morgan fingerprint density at radius 3 is 2.59 bits per heavy atom. The molecular weight excluding hydrogens is 284 g/mol. The predicted octanol–water partition coefficient (Wildman–Crippen LogP) is 1.16. The molecule has 1 fully saturated rings. The lowest BCUT2D eigenvalue weighted by molar-refractivity contribution is -0.131. The van der Waals surface area contributed by atoms with Crippen LogP contribution in [-0.4, -0.2) is 37.7 Å². The highest BCUT2D eigenvalue weighted by atomic mass is 16.5. The number of amides is 1. The number of rotatable bonds is 4. The Kier molecular flexibility index (Phi) is 5.15. The molecule has 6 heteroatoms. The van der Waals surface area contributed by atoms with Crippen LogP contribution in [-0.2, 0) is 14.3 Å². The minimum atomic E-state index is -0.960. The first kappa shape index (κ1) is 16.5. The van der Waals surface area contributed by atoms with E-state index in [9.17, 15) is 9.59 Å². The van der Waals surface area contributed by atoms with E-state index >= 15 is 0 Å². The van der Waals surface area contributed by atoms with Gasteiger partial charge in [-0.15, -0.1) is 0 Å². The Morgan fingerprint density at radius 2 is 2.05 bits per heavy atom. The molecular formula is C16H22N2O4. The van der Waals surface area contributed by atoms with Gasteiger partial charge in [0.2, 0.25) is 5.91 Å². The van der Waals surface area contributed by atoms with Crippen LogP contribution < -0.4 is 11.1 Å². The van der Waals surface area contributed by atoms with E-state index in [1.807, 2.05) is 6.92 Å². The molecule has 0 saturated carbocycles. The fourth-order valence-corrected chi connectivity index (χ4v) is 2.44. The van der Waals surface area contributed by atoms with Crippen LogP contribution in [0.1, 0.15) is 41.7 Å². The van der Waals surface area contributed by atoms with E-state index in [0.29, 0.717) is 18.6 Å². The molecule has 22 heavy (non-hydrogen) atoms. The summed E-state index contributed by atoms with van der Waals surface area (Å²) in [5.41, 5.74) is 6.52. The van der Waals surface area contributed by atoms with Crippen LogP contribution in [0.4, 0.5) is 0 Å². The Labute approximate surface area is 130 Å². The molecule has 0 aliphatic carbocycles. The minimum Gasteiger partial charge on any atom is -0.465 e. The van der Waals surface area contributed by atoms with Crippen molar-refractivity contribution in [2.75, 3.05) is 20.3 Å². The smallest absolute Gasteiger partial charge is 0.337 e. The number of nitrogens with two attached hydrogens (primary N) is 1. The van der Waals surface area contributed by atoms with Gasteiger partial charge in [-0.3, -0.25) is 4.79 Å². The average Bonchev–Trinajstić information content (AvgIpc) is 2.54. The average molecular weight is 306 g/mol. The molecule has 0 bridgehead atoms. The number of hydrogen-bond donors (Lipinski definition) is 2. The molecule has 2 atom stereocenters. The lowest BCUT2D eigenvalue weighted by atomic mass is 9.92. The summed E-state index contributed by atoms with van der Waals surface area (Å²) < 4.78 is 9.97. The number of nitrogens with one attached hydrogen (secondary N) is 1. The lowest BCUT2D eigenvalue weighted by Crippen LogP contribution is -2.59. The highest BCUT2D eigenvalue weighted by Crippen LogP contribution is 2.19. The van der Waals surface area contributed by atoms with Crippen LogP contribution in [0.25, 0.3) is 0 Å². The van der Waals surface area contributed by atoms with E-state index in [2.05, 4.69) is 10.1 Å². The van der Waals surface area contributed by atoms with E-state index in [1.54, 1.807) is 24.3 Å². The van der Waals surface area contributed by atoms with Crippen molar-refractivity contribution in [2.24, 2.45) is 5.73 Å². The van der Waals surface area contributed by atoms with Gasteiger partial charge < -0.3 is 20.5 Å². The van der Waals surface area contributed by atoms with Crippen molar-refractivity contribution in [1.29, 1.82) is 0 Å². The van der Waals surface area contributed by atoms with Gasteiger partial charge in [-0.1, -0.05) is 12.1 Å². The van der Waals surface area contributed by atoms with Gasteiger partial charge in [-0.05, 0) is 37.5 Å². The van der Waals surface area contributed by atoms with Gasteiger partial charge in [0.25, 0.3) is 0 Å². The highest BCUT2D eigenvalue weighted by molar-refractivity contribution is 5.89. The van der Waals surface area contributed by atoms with Crippen molar-refractivity contribution in [3.63, 3.8) is 0 Å². The summed E-state index contributed by atoms with van der Waals surface area (Å²) >= 11 is 0. The molecule has 1 heterocycles. The van der Waals surface area contributed by atoms with Gasteiger partial charge in [0.05, 0.1) is 25.3 Å². The summed E-state index contributed by atoms with van der Waals surface area (Å²) in [6.07, 6.45) is 1.40. The molecule has 1 aliphatic heterocycles. The zero-order valence-electron chi connectivity index (χ0n) is 12.9. The second kappa shape index (κ2) is 6.89. The number of hydrogen-bond acceptors (Lipinski definition) is 5. The maximum Gasteiger partial charge on any atom is 0.337 e. The number of benzene rings is 1. The third-order valence-electron chi connectivity index (χ3n) is 3.90. The Bertz CT molecular complexity index is 536. The molecule has 1 aromatic carbocycles. The monoisotopic (exact) mass is 306 g/mol. The highest BCUT2D eigenvalue weighted by Gasteiger charge is 2.36. The van der Waals surface area contributed by atoms with E-state index < -0.39 is 5.54 Å². The molecule has 1 amide bonds. The van der Waals surface area contributed by atoms with Gasteiger partial charge in [0.15, 0.2) is 0 Å². The van der Waals surface area contributed by atoms with Gasteiger partial charge >= 0.3 is 5.97 Å². The third kappa shape index (κ3) is 3.64. The Hall–Kier alpha value is -1.92. The van der Waals surface area contributed by atoms with Gasteiger partial charge in [0.1, 0.15) is 5.54 Å². The van der Waals surface area contributed by atoms with Crippen LogP contribution in [0.2, 0.25) is 0 Å². The maximum atomic E-state index is 12.3.